The number of carbonyl (C=O) groups is 1. The summed E-state index contributed by atoms with van der Waals surface area (Å²) < 4.78 is 28.2. The Morgan fingerprint density at radius 3 is 2.43 bits per heavy atom. The normalized spacial score (nSPS) is 11.0. The van der Waals surface area contributed by atoms with Crippen molar-refractivity contribution in [3.8, 4) is 0 Å². The smallest absolute Gasteiger partial charge is 0.264 e. The van der Waals surface area contributed by atoms with Crippen LogP contribution in [0.2, 0.25) is 0 Å². The van der Waals surface area contributed by atoms with Crippen molar-refractivity contribution in [2.45, 2.75) is 11.4 Å². The van der Waals surface area contributed by atoms with Crippen molar-refractivity contribution in [1.82, 2.24) is 4.57 Å². The molecule has 0 saturated heterocycles. The third-order valence-electron chi connectivity index (χ3n) is 4.11. The van der Waals surface area contributed by atoms with Crippen molar-refractivity contribution in [2.75, 3.05) is 16.7 Å². The van der Waals surface area contributed by atoms with Crippen LogP contribution in [0.1, 0.15) is 0 Å². The van der Waals surface area contributed by atoms with Gasteiger partial charge in [-0.3, -0.25) is 13.9 Å². The number of hydrogen-bond acceptors (Lipinski definition) is 4. The third-order valence-corrected chi connectivity index (χ3v) is 5.89. The molecule has 28 heavy (non-hydrogen) atoms. The summed E-state index contributed by atoms with van der Waals surface area (Å²) >= 11 is 0. The molecule has 7 nitrogen and oxygen atoms in total. The van der Waals surface area contributed by atoms with Gasteiger partial charge in [-0.2, -0.15) is 0 Å². The van der Waals surface area contributed by atoms with Crippen LogP contribution in [0.4, 0.5) is 11.4 Å². The Morgan fingerprint density at radius 2 is 1.71 bits per heavy atom. The third kappa shape index (κ3) is 4.29. The number of anilines is 2. The van der Waals surface area contributed by atoms with Gasteiger partial charge in [0.25, 0.3) is 15.6 Å². The molecular weight excluding hydrogens is 378 g/mol. The van der Waals surface area contributed by atoms with Crippen LogP contribution in [0.15, 0.2) is 88.7 Å². The van der Waals surface area contributed by atoms with E-state index in [1.807, 2.05) is 0 Å². The van der Waals surface area contributed by atoms with E-state index >= 15 is 0 Å². The van der Waals surface area contributed by atoms with Crippen LogP contribution >= 0.6 is 0 Å². The van der Waals surface area contributed by atoms with Crippen molar-refractivity contribution < 1.29 is 13.2 Å². The Morgan fingerprint density at radius 1 is 1.00 bits per heavy atom. The molecule has 1 heterocycles. The van der Waals surface area contributed by atoms with Crippen LogP contribution in [-0.2, 0) is 21.4 Å². The highest BCUT2D eigenvalue weighted by atomic mass is 32.2. The van der Waals surface area contributed by atoms with E-state index in [1.54, 1.807) is 54.6 Å². The molecule has 0 aliphatic carbocycles. The summed E-state index contributed by atoms with van der Waals surface area (Å²) in [5.74, 6) is -0.431. The second-order valence-corrected chi connectivity index (χ2v) is 8.02. The fraction of sp³-hybridized carbons (Fsp3) is 0.100. The number of carbonyl (C=O) groups excluding carboxylic acids is 1. The minimum Gasteiger partial charge on any atom is -0.324 e. The predicted octanol–water partition coefficient (Wildman–Crippen LogP) is 2.31. The van der Waals surface area contributed by atoms with E-state index in [2.05, 4.69) is 5.32 Å². The van der Waals surface area contributed by atoms with Crippen molar-refractivity contribution in [1.29, 1.82) is 0 Å². The molecule has 0 saturated carbocycles. The lowest BCUT2D eigenvalue weighted by Crippen LogP contribution is -2.27. The van der Waals surface area contributed by atoms with Crippen molar-refractivity contribution in [3.05, 3.63) is 89.3 Å². The highest BCUT2D eigenvalue weighted by molar-refractivity contribution is 7.92. The first-order chi connectivity index (χ1) is 13.4. The van der Waals surface area contributed by atoms with Gasteiger partial charge in [-0.05, 0) is 36.4 Å². The van der Waals surface area contributed by atoms with Gasteiger partial charge in [0.05, 0.1) is 10.6 Å². The van der Waals surface area contributed by atoms with Crippen LogP contribution in [0.3, 0.4) is 0 Å². The molecule has 1 N–H and O–H groups in total. The van der Waals surface area contributed by atoms with E-state index in [1.165, 1.54) is 40.3 Å². The van der Waals surface area contributed by atoms with Gasteiger partial charge in [-0.25, -0.2) is 8.42 Å². The summed E-state index contributed by atoms with van der Waals surface area (Å²) in [4.78, 5) is 24.0. The molecule has 0 aliphatic heterocycles. The minimum atomic E-state index is -3.79. The number of aromatic nitrogens is 1. The Kier molecular flexibility index (Phi) is 5.60. The first-order valence-corrected chi connectivity index (χ1v) is 9.91. The number of pyridine rings is 1. The van der Waals surface area contributed by atoms with E-state index in [4.69, 9.17) is 0 Å². The highest BCUT2D eigenvalue weighted by Crippen LogP contribution is 2.23. The van der Waals surface area contributed by atoms with Gasteiger partial charge in [0.1, 0.15) is 6.54 Å². The quantitative estimate of drug-likeness (QED) is 0.691. The first kappa shape index (κ1) is 19.4. The SMILES string of the molecule is CN(c1ccccc1)S(=O)(=O)c1cccc(NC(=O)Cn2ccccc2=O)c1. The zero-order chi connectivity index (χ0) is 20.1. The van der Waals surface area contributed by atoms with Gasteiger partial charge in [0, 0.05) is 25.0 Å². The highest BCUT2D eigenvalue weighted by Gasteiger charge is 2.21. The summed E-state index contributed by atoms with van der Waals surface area (Å²) in [7, 11) is -2.32. The van der Waals surface area contributed by atoms with Crippen molar-refractivity contribution >= 4 is 27.3 Å². The minimum absolute atomic E-state index is 0.0496. The summed E-state index contributed by atoms with van der Waals surface area (Å²) in [6.07, 6.45) is 1.51. The molecule has 2 aromatic carbocycles. The summed E-state index contributed by atoms with van der Waals surface area (Å²) in [6.45, 7) is -0.166. The number of nitrogens with one attached hydrogen (secondary N) is 1. The number of para-hydroxylation sites is 1. The first-order valence-electron chi connectivity index (χ1n) is 8.47. The molecular formula is C20H19N3O4S. The molecule has 0 bridgehead atoms. The van der Waals surface area contributed by atoms with E-state index in [0.717, 1.165) is 0 Å². The molecule has 0 unspecified atom stereocenters. The molecule has 0 atom stereocenters. The van der Waals surface area contributed by atoms with Gasteiger partial charge in [-0.15, -0.1) is 0 Å². The van der Waals surface area contributed by atoms with Gasteiger partial charge in [0.15, 0.2) is 0 Å². The fourth-order valence-corrected chi connectivity index (χ4v) is 3.86. The number of sulfonamides is 1. The standard InChI is InChI=1S/C20H19N3O4S/c1-22(17-9-3-2-4-10-17)28(26,27)18-11-7-8-16(14-18)21-19(24)15-23-13-6-5-12-20(23)25/h2-14H,15H2,1H3,(H,21,24). The lowest BCUT2D eigenvalue weighted by Gasteiger charge is -2.20. The number of benzene rings is 2. The number of nitrogens with zero attached hydrogens (tertiary/aromatic N) is 2. The molecule has 1 amide bonds. The molecule has 0 aliphatic rings. The van der Waals surface area contributed by atoms with Crippen molar-refractivity contribution in [2.24, 2.45) is 0 Å². The van der Waals surface area contributed by atoms with E-state index in [-0.39, 0.29) is 17.0 Å². The fourth-order valence-electron chi connectivity index (χ4n) is 2.62. The molecule has 3 aromatic rings. The predicted molar refractivity (Wildman–Crippen MR) is 108 cm³/mol. The molecule has 3 rings (SSSR count). The van der Waals surface area contributed by atoms with Gasteiger partial charge < -0.3 is 9.88 Å². The van der Waals surface area contributed by atoms with E-state index < -0.39 is 15.9 Å². The summed E-state index contributed by atoms with van der Waals surface area (Å²) in [5, 5.41) is 2.63. The second kappa shape index (κ2) is 8.10. The molecule has 0 radical (unpaired) electrons. The summed E-state index contributed by atoms with van der Waals surface area (Å²) in [6, 6.07) is 19.3. The molecule has 8 heteroatoms. The average molecular weight is 397 g/mol. The molecule has 0 spiro atoms. The Bertz CT molecular complexity index is 1140. The number of hydrogen-bond donors (Lipinski definition) is 1. The molecule has 144 valence electrons. The van der Waals surface area contributed by atoms with Gasteiger partial charge in [0.2, 0.25) is 5.91 Å². The van der Waals surface area contributed by atoms with Crippen molar-refractivity contribution in [3.63, 3.8) is 0 Å². The molecule has 1 aromatic heterocycles. The topological polar surface area (TPSA) is 88.5 Å². The van der Waals surface area contributed by atoms with Gasteiger partial charge >= 0.3 is 0 Å². The lowest BCUT2D eigenvalue weighted by molar-refractivity contribution is -0.116. The number of rotatable bonds is 6. The van der Waals surface area contributed by atoms with Crippen LogP contribution < -0.4 is 15.2 Å². The monoisotopic (exact) mass is 397 g/mol. The second-order valence-electron chi connectivity index (χ2n) is 6.05. The lowest BCUT2D eigenvalue weighted by atomic mass is 10.3. The average Bonchev–Trinajstić information content (AvgIpc) is 2.70. The van der Waals surface area contributed by atoms with E-state index in [9.17, 15) is 18.0 Å². The van der Waals surface area contributed by atoms with Crippen LogP contribution in [0.25, 0.3) is 0 Å². The maximum absolute atomic E-state index is 12.9. The van der Waals surface area contributed by atoms with Gasteiger partial charge in [-0.1, -0.05) is 30.3 Å². The largest absolute Gasteiger partial charge is 0.324 e. The maximum atomic E-state index is 12.9. The number of amides is 1. The van der Waals surface area contributed by atoms with Crippen LogP contribution in [0.5, 0.6) is 0 Å². The summed E-state index contributed by atoms with van der Waals surface area (Å²) in [5.41, 5.74) is 0.565. The van der Waals surface area contributed by atoms with E-state index in [0.29, 0.717) is 11.4 Å². The van der Waals surface area contributed by atoms with Crippen LogP contribution in [-0.4, -0.2) is 25.9 Å². The maximum Gasteiger partial charge on any atom is 0.264 e. The van der Waals surface area contributed by atoms with Crippen LogP contribution in [0, 0.1) is 0 Å². The Balaban J connectivity index is 1.79. The molecule has 0 fully saturated rings. The zero-order valence-corrected chi connectivity index (χ0v) is 16.0. The zero-order valence-electron chi connectivity index (χ0n) is 15.1. The Hall–Kier alpha value is -3.39. The Labute approximate surface area is 162 Å².